The first-order valence-electron chi connectivity index (χ1n) is 15.1. The molecule has 3 heterocycles. The lowest BCUT2D eigenvalue weighted by molar-refractivity contribution is -0.137. The third-order valence-corrected chi connectivity index (χ3v) is 6.65. The number of aromatic carboxylic acids is 1. The van der Waals surface area contributed by atoms with Crippen LogP contribution in [0.5, 0.6) is 0 Å². The largest absolute Gasteiger partial charge is 0.478 e. The molecule has 0 fully saturated rings. The highest BCUT2D eigenvalue weighted by Crippen LogP contribution is 2.25. The van der Waals surface area contributed by atoms with E-state index < -0.39 is 29.0 Å². The van der Waals surface area contributed by atoms with Gasteiger partial charge in [0.1, 0.15) is 11.6 Å². The molecule has 0 bridgehead atoms. The summed E-state index contributed by atoms with van der Waals surface area (Å²) in [5.41, 5.74) is 1.63. The van der Waals surface area contributed by atoms with E-state index in [1.807, 2.05) is 0 Å². The van der Waals surface area contributed by atoms with Crippen molar-refractivity contribution in [3.8, 4) is 11.3 Å². The molecule has 0 spiro atoms. The second-order valence-corrected chi connectivity index (χ2v) is 11.5. The Morgan fingerprint density at radius 3 is 2.04 bits per heavy atom. The molecule has 0 aliphatic carbocycles. The van der Waals surface area contributed by atoms with Gasteiger partial charge in [-0.2, -0.15) is 0 Å². The summed E-state index contributed by atoms with van der Waals surface area (Å²) in [6.07, 6.45) is 5.66. The molecule has 266 valence electrons. The number of hydrogen-bond donors (Lipinski definition) is 2. The number of rotatable bonds is 7. The third kappa shape index (κ3) is 11.7. The predicted octanol–water partition coefficient (Wildman–Crippen LogP) is 7.61. The summed E-state index contributed by atoms with van der Waals surface area (Å²) < 4.78 is 30.3. The number of pyridine rings is 3. The monoisotopic (exact) mass is 700 g/mol. The molecule has 1 amide bonds. The molecule has 11 nitrogen and oxygen atoms in total. The summed E-state index contributed by atoms with van der Waals surface area (Å²) in [6, 6.07) is 16.1. The van der Waals surface area contributed by atoms with Gasteiger partial charge in [0, 0.05) is 46.7 Å². The molecule has 2 N–H and O–H groups in total. The van der Waals surface area contributed by atoms with Gasteiger partial charge >= 0.3 is 11.9 Å². The van der Waals surface area contributed by atoms with Gasteiger partial charge in [0.15, 0.2) is 5.78 Å². The van der Waals surface area contributed by atoms with Crippen LogP contribution in [-0.4, -0.2) is 56.1 Å². The second kappa shape index (κ2) is 18.5. The molecule has 0 saturated carbocycles. The normalized spacial score (nSPS) is 10.3. The van der Waals surface area contributed by atoms with E-state index >= 15 is 0 Å². The number of aromatic nitrogens is 3. The lowest BCUT2D eigenvalue weighted by Gasteiger charge is -2.18. The zero-order valence-corrected chi connectivity index (χ0v) is 27.9. The van der Waals surface area contributed by atoms with Crippen LogP contribution in [0.4, 0.5) is 14.5 Å². The summed E-state index contributed by atoms with van der Waals surface area (Å²) in [6.45, 7) is 8.36. The predicted molar refractivity (Wildman–Crippen MR) is 188 cm³/mol. The van der Waals surface area contributed by atoms with Gasteiger partial charge in [0.05, 0.1) is 34.6 Å². The van der Waals surface area contributed by atoms with Gasteiger partial charge in [-0.1, -0.05) is 52.5 Å². The maximum atomic E-state index is 13.3. The van der Waals surface area contributed by atoms with Crippen molar-refractivity contribution < 1.29 is 42.6 Å². The minimum atomic E-state index is -1.07. The summed E-state index contributed by atoms with van der Waals surface area (Å²) in [4.78, 5) is 69.4. The Balaban J connectivity index is 0.000000277. The third-order valence-electron chi connectivity index (χ3n) is 6.65. The van der Waals surface area contributed by atoms with Crippen LogP contribution in [0.2, 0.25) is 0 Å². The van der Waals surface area contributed by atoms with Crippen molar-refractivity contribution in [3.63, 3.8) is 0 Å². The van der Waals surface area contributed by atoms with Crippen molar-refractivity contribution in [3.05, 3.63) is 120 Å². The fourth-order valence-corrected chi connectivity index (χ4v) is 4.05. The van der Waals surface area contributed by atoms with E-state index in [0.29, 0.717) is 27.7 Å². The Morgan fingerprint density at radius 2 is 1.47 bits per heavy atom. The Hall–Kier alpha value is -6.24. The molecule has 0 aliphatic heterocycles. The first-order valence-corrected chi connectivity index (χ1v) is 15.1. The molecule has 0 aliphatic rings. The van der Waals surface area contributed by atoms with Crippen LogP contribution in [0.25, 0.3) is 22.2 Å². The van der Waals surface area contributed by atoms with Crippen molar-refractivity contribution >= 4 is 46.0 Å². The summed E-state index contributed by atoms with van der Waals surface area (Å²) in [7, 11) is 0. The first-order chi connectivity index (χ1) is 23.6. The van der Waals surface area contributed by atoms with Crippen LogP contribution in [0, 0.1) is 17.0 Å². The number of carbonyl (C=O) groups is 5. The number of carbonyl (C=O) groups excluding carboxylic acids is 4. The number of nitrogens with zero attached hydrogens (tertiary/aromatic N) is 3. The van der Waals surface area contributed by atoms with Crippen molar-refractivity contribution in [1.29, 1.82) is 0 Å². The van der Waals surface area contributed by atoms with E-state index in [1.165, 1.54) is 74.2 Å². The number of ether oxygens (including phenoxy) is 1. The van der Waals surface area contributed by atoms with Crippen molar-refractivity contribution in [2.24, 2.45) is 5.41 Å². The number of halogens is 2. The SMILES string of the molecule is C.CC(=O)c1cccc(F)c1.CCOC(=O)C(=O)c1cnccc1NC(=O)C(C)(C)C.O=C(O)c1cc(-c2cccc(F)c2)nc2ccncc12. The average molecular weight is 701 g/mol. The van der Waals surface area contributed by atoms with Crippen LogP contribution >= 0.6 is 0 Å². The molecule has 51 heavy (non-hydrogen) atoms. The van der Waals surface area contributed by atoms with Gasteiger partial charge in [0.25, 0.3) is 5.78 Å². The smallest absolute Gasteiger partial charge is 0.379 e. The number of ketones is 2. The molecular formula is C38H38F2N4O7. The molecule has 0 saturated heterocycles. The zero-order chi connectivity index (χ0) is 37.0. The van der Waals surface area contributed by atoms with E-state index in [2.05, 4.69) is 25.0 Å². The number of benzene rings is 2. The van der Waals surface area contributed by atoms with Gasteiger partial charge < -0.3 is 15.2 Å². The maximum absolute atomic E-state index is 13.3. The zero-order valence-electron chi connectivity index (χ0n) is 27.9. The average Bonchev–Trinajstić information content (AvgIpc) is 3.08. The number of carboxylic acids is 1. The van der Waals surface area contributed by atoms with Gasteiger partial charge in [-0.3, -0.25) is 24.4 Å². The fourth-order valence-electron chi connectivity index (χ4n) is 4.05. The lowest BCUT2D eigenvalue weighted by Crippen LogP contribution is -2.29. The Kier molecular flexibility index (Phi) is 14.9. The number of esters is 1. The van der Waals surface area contributed by atoms with Crippen LogP contribution in [-0.2, 0) is 14.3 Å². The van der Waals surface area contributed by atoms with E-state index in [-0.39, 0.29) is 48.4 Å². The number of anilines is 1. The molecule has 0 atom stereocenters. The van der Waals surface area contributed by atoms with E-state index in [9.17, 15) is 37.9 Å². The van der Waals surface area contributed by atoms with Crippen molar-refractivity contribution in [2.75, 3.05) is 11.9 Å². The number of carboxylic acid groups (broad SMARTS) is 1. The first kappa shape index (κ1) is 40.9. The number of fused-ring (bicyclic) bond motifs is 1. The number of nitrogens with one attached hydrogen (secondary N) is 1. The van der Waals surface area contributed by atoms with Crippen LogP contribution in [0.3, 0.4) is 0 Å². The topological polar surface area (TPSA) is 166 Å². The van der Waals surface area contributed by atoms with E-state index in [0.717, 1.165) is 0 Å². The summed E-state index contributed by atoms with van der Waals surface area (Å²) in [5, 5.41) is 12.4. The molecule has 5 rings (SSSR count). The molecular weight excluding hydrogens is 662 g/mol. The van der Waals surface area contributed by atoms with E-state index in [1.54, 1.807) is 52.0 Å². The van der Waals surface area contributed by atoms with Gasteiger partial charge in [0.2, 0.25) is 5.91 Å². The molecule has 2 aromatic carbocycles. The van der Waals surface area contributed by atoms with E-state index in [4.69, 9.17) is 0 Å². The highest BCUT2D eigenvalue weighted by Gasteiger charge is 2.26. The Labute approximate surface area is 293 Å². The minimum Gasteiger partial charge on any atom is -0.478 e. The molecule has 0 radical (unpaired) electrons. The fraction of sp³-hybridized carbons (Fsp3) is 0.211. The summed E-state index contributed by atoms with van der Waals surface area (Å²) >= 11 is 0. The van der Waals surface area contributed by atoms with Crippen LogP contribution in [0.1, 0.15) is 73.1 Å². The van der Waals surface area contributed by atoms with Crippen LogP contribution < -0.4 is 5.32 Å². The van der Waals surface area contributed by atoms with Gasteiger partial charge in [-0.25, -0.2) is 23.4 Å². The van der Waals surface area contributed by atoms with Gasteiger partial charge in [-0.05, 0) is 56.3 Å². The quantitative estimate of drug-likeness (QED) is 0.0980. The number of hydrogen-bond acceptors (Lipinski definition) is 9. The highest BCUT2D eigenvalue weighted by molar-refractivity contribution is 6.42. The minimum absolute atomic E-state index is 0. The highest BCUT2D eigenvalue weighted by atomic mass is 19.1. The molecule has 13 heteroatoms. The van der Waals surface area contributed by atoms with Crippen molar-refractivity contribution in [2.45, 2.75) is 42.0 Å². The Bertz CT molecular complexity index is 2050. The maximum Gasteiger partial charge on any atom is 0.379 e. The number of amides is 1. The summed E-state index contributed by atoms with van der Waals surface area (Å²) in [5.74, 6) is -4.00. The molecule has 0 unspecified atom stereocenters. The lowest BCUT2D eigenvalue weighted by atomic mass is 9.95. The Morgan fingerprint density at radius 1 is 0.843 bits per heavy atom. The second-order valence-electron chi connectivity index (χ2n) is 11.5. The molecule has 3 aromatic heterocycles. The van der Waals surface area contributed by atoms with Crippen molar-refractivity contribution in [1.82, 2.24) is 15.0 Å². The standard InChI is InChI=1S/C15H9FN2O2.C14H18N2O4.C8H7FO.CH4/c16-10-3-1-2-9(6-10)14-7-11(15(19)20)12-8-17-5-4-13(12)18-14;1-5-20-12(18)11(17)9-8-15-7-6-10(9)16-13(19)14(2,3)4;1-6(10)7-3-2-4-8(9)5-7;/h1-8H,(H,19,20);6-8H,5H2,1-4H3,(H,15,16,19);2-5H,1H3;1H4. The van der Waals surface area contributed by atoms with Gasteiger partial charge in [-0.15, -0.1) is 0 Å². The molecule has 5 aromatic rings. The van der Waals surface area contributed by atoms with Crippen LogP contribution in [0.15, 0.2) is 91.5 Å². The number of Topliss-reactive ketones (excluding diaryl/α,β-unsaturated/α-hetero) is 2.